The molecule has 0 saturated heterocycles. The molecule has 0 N–H and O–H groups in total. The quantitative estimate of drug-likeness (QED) is 0.440. The summed E-state index contributed by atoms with van der Waals surface area (Å²) in [6.45, 7) is 35.0. The molecule has 0 aliphatic heterocycles. The second-order valence-electron chi connectivity index (χ2n) is 14.9. The van der Waals surface area contributed by atoms with Gasteiger partial charge in [-0.05, 0) is 92.2 Å². The van der Waals surface area contributed by atoms with Gasteiger partial charge in [-0.25, -0.2) is 0 Å². The van der Waals surface area contributed by atoms with E-state index in [4.69, 9.17) is 0 Å². The smallest absolute Gasteiger partial charge is 0.00938 e. The third-order valence-electron chi connectivity index (χ3n) is 14.7. The van der Waals surface area contributed by atoms with E-state index in [1.165, 1.54) is 6.42 Å². The van der Waals surface area contributed by atoms with Crippen LogP contribution in [0, 0.1) is 85.8 Å². The summed E-state index contributed by atoms with van der Waals surface area (Å²) in [5.74, 6) is 7.78. The fraction of sp³-hybridized carbons (Fsp3) is 1.00. The zero-order valence-electron chi connectivity index (χ0n) is 21.9. The highest BCUT2D eigenvalue weighted by atomic mass is 15.0. The molecule has 12 atom stereocenters. The molecule has 29 heavy (non-hydrogen) atoms. The molecule has 0 heterocycles. The molecule has 0 aromatic carbocycles. The van der Waals surface area contributed by atoms with Crippen LogP contribution in [0.2, 0.25) is 0 Å². The second kappa shape index (κ2) is 4.98. The van der Waals surface area contributed by atoms with Gasteiger partial charge in [0.25, 0.3) is 0 Å². The predicted octanol–water partition coefficient (Wildman–Crippen LogP) is 8.17. The summed E-state index contributed by atoms with van der Waals surface area (Å²) < 4.78 is 0. The van der Waals surface area contributed by atoms with E-state index < -0.39 is 0 Å². The molecule has 0 bridgehead atoms. The first-order valence-corrected chi connectivity index (χ1v) is 13.1. The van der Waals surface area contributed by atoms with Gasteiger partial charge in [0, 0.05) is 0 Å². The minimum Gasteiger partial charge on any atom is -0.0625 e. The highest BCUT2D eigenvalue weighted by Gasteiger charge is 3.00. The highest BCUT2D eigenvalue weighted by molar-refractivity contribution is 5.47. The SMILES string of the molecule is CC(C)C1C(C(C)C)C2(C)C(C)(C)C34C(C)C(C)CC3(C)C(C)C3C1C2(C)C34C. The third-order valence-corrected chi connectivity index (χ3v) is 14.7. The van der Waals surface area contributed by atoms with Gasteiger partial charge in [-0.3, -0.25) is 0 Å². The van der Waals surface area contributed by atoms with Crippen molar-refractivity contribution in [3.05, 3.63) is 0 Å². The van der Waals surface area contributed by atoms with Crippen LogP contribution in [0.3, 0.4) is 0 Å². The van der Waals surface area contributed by atoms with E-state index in [9.17, 15) is 0 Å². The Kier molecular flexibility index (Phi) is 3.59. The minimum atomic E-state index is 0.374. The van der Waals surface area contributed by atoms with Gasteiger partial charge in [-0.2, -0.15) is 0 Å². The number of hydrogen-bond donors (Lipinski definition) is 0. The molecule has 1 spiro atoms. The van der Waals surface area contributed by atoms with Crippen LogP contribution in [0.5, 0.6) is 0 Å². The summed E-state index contributed by atoms with van der Waals surface area (Å²) >= 11 is 0. The van der Waals surface area contributed by atoms with Crippen molar-refractivity contribution in [1.29, 1.82) is 0 Å². The maximum absolute atomic E-state index is 2.83. The Morgan fingerprint density at radius 1 is 0.655 bits per heavy atom. The van der Waals surface area contributed by atoms with Crippen LogP contribution in [0.25, 0.3) is 0 Å². The van der Waals surface area contributed by atoms with Gasteiger partial charge in [-0.15, -0.1) is 0 Å². The average molecular weight is 399 g/mol. The van der Waals surface area contributed by atoms with E-state index in [0.29, 0.717) is 32.5 Å². The minimum absolute atomic E-state index is 0.374. The molecule has 5 aliphatic rings. The Hall–Kier alpha value is 0. The van der Waals surface area contributed by atoms with E-state index in [2.05, 4.69) is 90.0 Å². The van der Waals surface area contributed by atoms with Crippen molar-refractivity contribution in [3.8, 4) is 0 Å². The van der Waals surface area contributed by atoms with Gasteiger partial charge < -0.3 is 0 Å². The third kappa shape index (κ3) is 1.38. The van der Waals surface area contributed by atoms with Crippen LogP contribution in [0.1, 0.15) is 96.4 Å². The van der Waals surface area contributed by atoms with Gasteiger partial charge in [0.05, 0.1) is 0 Å². The van der Waals surface area contributed by atoms with E-state index in [0.717, 1.165) is 53.3 Å². The van der Waals surface area contributed by atoms with Crippen LogP contribution < -0.4 is 0 Å². The lowest BCUT2D eigenvalue weighted by atomic mass is 9.35. The number of fused-ring (bicyclic) bond motifs is 1. The number of rotatable bonds is 2. The van der Waals surface area contributed by atoms with Crippen molar-refractivity contribution in [2.75, 3.05) is 0 Å². The highest BCUT2D eigenvalue weighted by Crippen LogP contribution is 3.04. The van der Waals surface area contributed by atoms with Crippen LogP contribution in [-0.2, 0) is 0 Å². The molecule has 5 rings (SSSR count). The first kappa shape index (κ1) is 20.9. The maximum atomic E-state index is 2.83. The van der Waals surface area contributed by atoms with Crippen LogP contribution in [0.15, 0.2) is 0 Å². The first-order valence-electron chi connectivity index (χ1n) is 13.1. The molecule has 166 valence electrons. The van der Waals surface area contributed by atoms with Crippen molar-refractivity contribution in [2.24, 2.45) is 85.8 Å². The van der Waals surface area contributed by atoms with Gasteiger partial charge in [0.15, 0.2) is 0 Å². The largest absolute Gasteiger partial charge is 0.0625 e. The Labute approximate surface area is 182 Å². The Morgan fingerprint density at radius 2 is 1.21 bits per heavy atom. The second-order valence-corrected chi connectivity index (χ2v) is 14.9. The van der Waals surface area contributed by atoms with E-state index in [1.54, 1.807) is 0 Å². The molecule has 0 amide bonds. The molecule has 12 unspecified atom stereocenters. The van der Waals surface area contributed by atoms with Crippen molar-refractivity contribution in [1.82, 2.24) is 0 Å². The lowest BCUT2D eigenvalue weighted by Gasteiger charge is -2.69. The summed E-state index contributed by atoms with van der Waals surface area (Å²) in [7, 11) is 0. The van der Waals surface area contributed by atoms with Crippen LogP contribution in [-0.4, -0.2) is 0 Å². The van der Waals surface area contributed by atoms with Gasteiger partial charge >= 0.3 is 0 Å². The summed E-state index contributed by atoms with van der Waals surface area (Å²) in [6.07, 6.45) is 1.46. The fourth-order valence-corrected chi connectivity index (χ4v) is 14.6. The summed E-state index contributed by atoms with van der Waals surface area (Å²) in [5.41, 5.74) is 2.76. The lowest BCUT2D eigenvalue weighted by molar-refractivity contribution is -0.225. The Balaban J connectivity index is 1.91. The normalized spacial score (nSPS) is 66.5. The van der Waals surface area contributed by atoms with E-state index in [1.807, 2.05) is 0 Å². The molecule has 0 heteroatoms. The summed E-state index contributed by atoms with van der Waals surface area (Å²) in [5, 5.41) is 0. The Bertz CT molecular complexity index is 760. The molecule has 0 aromatic heterocycles. The van der Waals surface area contributed by atoms with Crippen molar-refractivity contribution in [2.45, 2.75) is 96.4 Å². The van der Waals surface area contributed by atoms with Crippen LogP contribution in [0.4, 0.5) is 0 Å². The topological polar surface area (TPSA) is 0 Å². The zero-order valence-corrected chi connectivity index (χ0v) is 21.9. The van der Waals surface area contributed by atoms with Gasteiger partial charge in [0.2, 0.25) is 0 Å². The van der Waals surface area contributed by atoms with E-state index >= 15 is 0 Å². The fourth-order valence-electron chi connectivity index (χ4n) is 14.6. The maximum Gasteiger partial charge on any atom is -0.00938 e. The summed E-state index contributed by atoms with van der Waals surface area (Å²) in [6, 6.07) is 0. The monoisotopic (exact) mass is 398 g/mol. The number of hydrogen-bond acceptors (Lipinski definition) is 0. The first-order chi connectivity index (χ1) is 13.1. The molecule has 0 radical (unpaired) electrons. The molecule has 5 saturated carbocycles. The molecule has 5 aliphatic carbocycles. The molecular formula is C29H50. The predicted molar refractivity (Wildman–Crippen MR) is 124 cm³/mol. The molecule has 0 nitrogen and oxygen atoms in total. The molecular weight excluding hydrogens is 348 g/mol. The lowest BCUT2D eigenvalue weighted by Crippen LogP contribution is -2.65. The Morgan fingerprint density at radius 3 is 1.69 bits per heavy atom. The van der Waals surface area contributed by atoms with Crippen LogP contribution >= 0.6 is 0 Å². The van der Waals surface area contributed by atoms with Crippen molar-refractivity contribution < 1.29 is 0 Å². The summed E-state index contributed by atoms with van der Waals surface area (Å²) in [4.78, 5) is 0. The molecule has 0 aromatic rings. The average Bonchev–Trinajstić information content (AvgIpc) is 3.01. The standard InChI is InChI=1S/C29H50/c1-15(2)20-21(16(3)4)26(11)24(8,9)29-18(6)17(5)14-25(29,10)19(7)22-23(20)27(26,12)28(22,29)13/h15-23H,14H2,1-13H3. The van der Waals surface area contributed by atoms with E-state index in [-0.39, 0.29) is 0 Å². The van der Waals surface area contributed by atoms with Crippen molar-refractivity contribution >= 4 is 0 Å². The van der Waals surface area contributed by atoms with Gasteiger partial charge in [0.1, 0.15) is 0 Å². The zero-order chi connectivity index (χ0) is 21.9. The molecule has 5 fully saturated rings. The van der Waals surface area contributed by atoms with Crippen molar-refractivity contribution in [3.63, 3.8) is 0 Å². The van der Waals surface area contributed by atoms with Gasteiger partial charge in [-0.1, -0.05) is 90.0 Å².